The van der Waals surface area contributed by atoms with E-state index in [-0.39, 0.29) is 11.4 Å². The van der Waals surface area contributed by atoms with Crippen LogP contribution in [0.15, 0.2) is 47.4 Å². The third kappa shape index (κ3) is 3.66. The van der Waals surface area contributed by atoms with Crippen LogP contribution in [0.4, 0.5) is 4.39 Å². The maximum absolute atomic E-state index is 12.8. The zero-order chi connectivity index (χ0) is 14.4. The molecule has 1 aromatic heterocycles. The van der Waals surface area contributed by atoms with Crippen molar-refractivity contribution in [2.75, 3.05) is 0 Å². The molecule has 0 atom stereocenters. The van der Waals surface area contributed by atoms with Gasteiger partial charge in [-0.2, -0.15) is 5.26 Å². The SMILES string of the molecule is N#CCCn1ccc(/C=C/c2ccc(F)cc2)cc1=O. The van der Waals surface area contributed by atoms with Crippen LogP contribution >= 0.6 is 0 Å². The monoisotopic (exact) mass is 268 g/mol. The summed E-state index contributed by atoms with van der Waals surface area (Å²) in [5, 5.41) is 8.50. The molecule has 0 aliphatic rings. The molecule has 2 aromatic rings. The van der Waals surface area contributed by atoms with Crippen LogP contribution in [-0.2, 0) is 6.54 Å². The van der Waals surface area contributed by atoms with Crippen molar-refractivity contribution in [2.45, 2.75) is 13.0 Å². The van der Waals surface area contributed by atoms with E-state index in [1.807, 2.05) is 12.1 Å². The predicted octanol–water partition coefficient (Wildman–Crippen LogP) is 3.07. The highest BCUT2D eigenvalue weighted by Gasteiger charge is 1.96. The fraction of sp³-hybridized carbons (Fsp3) is 0.125. The van der Waals surface area contributed by atoms with Gasteiger partial charge in [0.05, 0.1) is 12.5 Å². The van der Waals surface area contributed by atoms with Crippen LogP contribution in [0.3, 0.4) is 0 Å². The van der Waals surface area contributed by atoms with E-state index in [4.69, 9.17) is 5.26 Å². The summed E-state index contributed by atoms with van der Waals surface area (Å²) >= 11 is 0. The maximum Gasteiger partial charge on any atom is 0.251 e. The fourth-order valence-corrected chi connectivity index (χ4v) is 1.75. The molecule has 0 amide bonds. The van der Waals surface area contributed by atoms with Crippen LogP contribution < -0.4 is 5.56 Å². The molecule has 0 saturated heterocycles. The average molecular weight is 268 g/mol. The van der Waals surface area contributed by atoms with Crippen molar-refractivity contribution in [1.82, 2.24) is 4.57 Å². The van der Waals surface area contributed by atoms with Gasteiger partial charge >= 0.3 is 0 Å². The number of nitriles is 1. The van der Waals surface area contributed by atoms with Crippen LogP contribution in [0, 0.1) is 17.1 Å². The molecular weight excluding hydrogens is 255 g/mol. The first-order valence-corrected chi connectivity index (χ1v) is 6.20. The van der Waals surface area contributed by atoms with E-state index >= 15 is 0 Å². The lowest BCUT2D eigenvalue weighted by atomic mass is 10.1. The number of halogens is 1. The zero-order valence-corrected chi connectivity index (χ0v) is 10.8. The molecule has 4 heteroatoms. The minimum atomic E-state index is -0.276. The van der Waals surface area contributed by atoms with Crippen molar-refractivity contribution in [2.24, 2.45) is 0 Å². The van der Waals surface area contributed by atoms with E-state index in [2.05, 4.69) is 0 Å². The molecule has 20 heavy (non-hydrogen) atoms. The number of hydrogen-bond acceptors (Lipinski definition) is 2. The molecule has 0 unspecified atom stereocenters. The van der Waals surface area contributed by atoms with Crippen LogP contribution in [0.2, 0.25) is 0 Å². The van der Waals surface area contributed by atoms with Crippen molar-refractivity contribution in [3.63, 3.8) is 0 Å². The van der Waals surface area contributed by atoms with Gasteiger partial charge in [0.2, 0.25) is 0 Å². The zero-order valence-electron chi connectivity index (χ0n) is 10.8. The number of aryl methyl sites for hydroxylation is 1. The van der Waals surface area contributed by atoms with Crippen molar-refractivity contribution in [1.29, 1.82) is 5.26 Å². The molecule has 0 radical (unpaired) electrons. The second-order valence-electron chi connectivity index (χ2n) is 4.28. The first kappa shape index (κ1) is 13.8. The van der Waals surface area contributed by atoms with Gasteiger partial charge in [0, 0.05) is 18.8 Å². The average Bonchev–Trinajstić information content (AvgIpc) is 2.46. The summed E-state index contributed by atoms with van der Waals surface area (Å²) in [6.07, 6.45) is 5.59. The van der Waals surface area contributed by atoms with Gasteiger partial charge in [-0.1, -0.05) is 24.3 Å². The highest BCUT2D eigenvalue weighted by molar-refractivity contribution is 5.69. The number of rotatable bonds is 4. The van der Waals surface area contributed by atoms with E-state index in [9.17, 15) is 9.18 Å². The summed E-state index contributed by atoms with van der Waals surface area (Å²) in [7, 11) is 0. The standard InChI is InChI=1S/C16H13FN2O/c17-15-6-4-13(5-7-15)2-3-14-8-11-19(10-1-9-18)16(20)12-14/h2-8,11-12H,1,10H2/b3-2+. The minimum absolute atomic E-state index is 0.137. The first-order chi connectivity index (χ1) is 9.69. The Morgan fingerprint density at radius 1 is 1.15 bits per heavy atom. The van der Waals surface area contributed by atoms with E-state index in [1.165, 1.54) is 22.8 Å². The third-order valence-corrected chi connectivity index (χ3v) is 2.82. The van der Waals surface area contributed by atoms with Gasteiger partial charge in [-0.05, 0) is 29.3 Å². The van der Waals surface area contributed by atoms with E-state index in [1.54, 1.807) is 30.5 Å². The maximum atomic E-state index is 12.8. The van der Waals surface area contributed by atoms with Gasteiger partial charge in [-0.15, -0.1) is 0 Å². The Labute approximate surface area is 116 Å². The normalized spacial score (nSPS) is 10.6. The third-order valence-electron chi connectivity index (χ3n) is 2.82. The molecule has 0 aliphatic carbocycles. The molecule has 0 spiro atoms. The predicted molar refractivity (Wildman–Crippen MR) is 76.3 cm³/mol. The van der Waals surface area contributed by atoms with Gasteiger partial charge in [0.1, 0.15) is 5.82 Å². The Morgan fingerprint density at radius 2 is 1.85 bits per heavy atom. The van der Waals surface area contributed by atoms with Gasteiger partial charge in [-0.25, -0.2) is 4.39 Å². The second-order valence-corrected chi connectivity index (χ2v) is 4.28. The molecule has 0 fully saturated rings. The summed E-state index contributed by atoms with van der Waals surface area (Å²) in [6, 6.07) is 11.4. The van der Waals surface area contributed by atoms with Gasteiger partial charge in [0.15, 0.2) is 0 Å². The Morgan fingerprint density at radius 3 is 2.50 bits per heavy atom. The highest BCUT2D eigenvalue weighted by Crippen LogP contribution is 2.08. The molecule has 0 bridgehead atoms. The lowest BCUT2D eigenvalue weighted by Crippen LogP contribution is -2.18. The quantitative estimate of drug-likeness (QED) is 0.855. The largest absolute Gasteiger partial charge is 0.314 e. The Bertz CT molecular complexity index is 708. The molecule has 1 heterocycles. The summed E-state index contributed by atoms with van der Waals surface area (Å²) < 4.78 is 14.3. The smallest absolute Gasteiger partial charge is 0.251 e. The summed E-state index contributed by atoms with van der Waals surface area (Å²) in [6.45, 7) is 0.400. The minimum Gasteiger partial charge on any atom is -0.314 e. The van der Waals surface area contributed by atoms with E-state index < -0.39 is 0 Å². The highest BCUT2D eigenvalue weighted by atomic mass is 19.1. The number of aromatic nitrogens is 1. The van der Waals surface area contributed by atoms with Crippen molar-refractivity contribution >= 4 is 12.2 Å². The van der Waals surface area contributed by atoms with Crippen LogP contribution in [-0.4, -0.2) is 4.57 Å². The lowest BCUT2D eigenvalue weighted by molar-refractivity contribution is 0.628. The topological polar surface area (TPSA) is 45.8 Å². The van der Waals surface area contributed by atoms with Crippen LogP contribution in [0.5, 0.6) is 0 Å². The molecule has 2 rings (SSSR count). The Balaban J connectivity index is 2.14. The van der Waals surface area contributed by atoms with Gasteiger partial charge in [-0.3, -0.25) is 4.79 Å². The van der Waals surface area contributed by atoms with Gasteiger partial charge in [0.25, 0.3) is 5.56 Å². The van der Waals surface area contributed by atoms with Crippen molar-refractivity contribution in [3.8, 4) is 6.07 Å². The molecule has 100 valence electrons. The molecule has 1 aromatic carbocycles. The molecule has 0 N–H and O–H groups in total. The number of hydrogen-bond donors (Lipinski definition) is 0. The number of benzene rings is 1. The summed E-state index contributed by atoms with van der Waals surface area (Å²) in [5.74, 6) is -0.276. The Hall–Kier alpha value is -2.67. The van der Waals surface area contributed by atoms with Crippen LogP contribution in [0.1, 0.15) is 17.5 Å². The first-order valence-electron chi connectivity index (χ1n) is 6.20. The molecule has 0 saturated carbocycles. The fourth-order valence-electron chi connectivity index (χ4n) is 1.75. The second kappa shape index (κ2) is 6.48. The molecule has 3 nitrogen and oxygen atoms in total. The lowest BCUT2D eigenvalue weighted by Gasteiger charge is -2.02. The summed E-state index contributed by atoms with van der Waals surface area (Å²) in [4.78, 5) is 11.8. The number of pyridine rings is 1. The summed E-state index contributed by atoms with van der Waals surface area (Å²) in [5.41, 5.74) is 1.49. The number of nitrogens with zero attached hydrogens (tertiary/aromatic N) is 2. The molecular formula is C16H13FN2O. The van der Waals surface area contributed by atoms with Crippen LogP contribution in [0.25, 0.3) is 12.2 Å². The Kier molecular flexibility index (Phi) is 4.46. The van der Waals surface area contributed by atoms with Gasteiger partial charge < -0.3 is 4.57 Å². The van der Waals surface area contributed by atoms with E-state index in [0.717, 1.165) is 11.1 Å². The van der Waals surface area contributed by atoms with E-state index in [0.29, 0.717) is 13.0 Å². The van der Waals surface area contributed by atoms with Crippen molar-refractivity contribution in [3.05, 3.63) is 69.9 Å². The van der Waals surface area contributed by atoms with Crippen molar-refractivity contribution < 1.29 is 4.39 Å². The molecule has 0 aliphatic heterocycles.